The fraction of sp³-hybridized carbons (Fsp3) is 0.391. The summed E-state index contributed by atoms with van der Waals surface area (Å²) < 4.78 is 0. The third-order valence-electron chi connectivity index (χ3n) is 6.32. The Morgan fingerprint density at radius 2 is 1.61 bits per heavy atom. The van der Waals surface area contributed by atoms with Crippen LogP contribution < -0.4 is 14.7 Å². The van der Waals surface area contributed by atoms with Crippen LogP contribution in [0, 0.1) is 29.9 Å². The van der Waals surface area contributed by atoms with Crippen LogP contribution in [-0.4, -0.2) is 42.9 Å². The van der Waals surface area contributed by atoms with Gasteiger partial charge in [0.2, 0.25) is 11.8 Å². The van der Waals surface area contributed by atoms with Gasteiger partial charge in [-0.1, -0.05) is 19.1 Å². The summed E-state index contributed by atoms with van der Waals surface area (Å²) in [5.74, 6) is -1.03. The first-order valence-electron chi connectivity index (χ1n) is 10.5. The van der Waals surface area contributed by atoms with Gasteiger partial charge in [0.05, 0.1) is 10.6 Å². The van der Waals surface area contributed by atoms with Crippen LogP contribution in [0.2, 0.25) is 0 Å². The van der Waals surface area contributed by atoms with Crippen molar-refractivity contribution >= 4 is 34.6 Å². The van der Waals surface area contributed by atoms with Crippen molar-refractivity contribution in [3.63, 3.8) is 0 Å². The van der Waals surface area contributed by atoms with E-state index in [-0.39, 0.29) is 29.6 Å². The van der Waals surface area contributed by atoms with Crippen LogP contribution in [0.5, 0.6) is 0 Å². The molecule has 162 valence electrons. The van der Waals surface area contributed by atoms with Gasteiger partial charge in [-0.25, -0.2) is 0 Å². The molecule has 31 heavy (non-hydrogen) atoms. The first kappa shape index (κ1) is 20.8. The van der Waals surface area contributed by atoms with Crippen molar-refractivity contribution in [1.29, 1.82) is 0 Å². The largest absolute Gasteiger partial charge is 0.368 e. The minimum absolute atomic E-state index is 0.0853. The summed E-state index contributed by atoms with van der Waals surface area (Å²) in [6.45, 7) is 8.70. The van der Waals surface area contributed by atoms with Crippen LogP contribution in [0.3, 0.4) is 0 Å². The Kier molecular flexibility index (Phi) is 5.39. The summed E-state index contributed by atoms with van der Waals surface area (Å²) in [5.41, 5.74) is 4.39. The summed E-state index contributed by atoms with van der Waals surface area (Å²) in [7, 11) is 0. The van der Waals surface area contributed by atoms with E-state index < -0.39 is 10.8 Å². The molecule has 2 aliphatic heterocycles. The van der Waals surface area contributed by atoms with Crippen molar-refractivity contribution in [2.75, 3.05) is 40.9 Å². The van der Waals surface area contributed by atoms with E-state index in [1.807, 2.05) is 4.90 Å². The number of anilines is 3. The molecule has 0 aromatic heterocycles. The Balaban J connectivity index is 1.56. The molecule has 8 nitrogen and oxygen atoms in total. The second-order valence-electron chi connectivity index (χ2n) is 8.30. The van der Waals surface area contributed by atoms with Gasteiger partial charge in [-0.2, -0.15) is 0 Å². The van der Waals surface area contributed by atoms with Gasteiger partial charge in [0.25, 0.3) is 5.69 Å². The Hall–Kier alpha value is -3.42. The van der Waals surface area contributed by atoms with Gasteiger partial charge in [-0.15, -0.1) is 0 Å². The number of aryl methyl sites for hydroxylation is 1. The predicted octanol–water partition coefficient (Wildman–Crippen LogP) is 3.44. The predicted molar refractivity (Wildman–Crippen MR) is 120 cm³/mol. The number of nitro benzene ring substituents is 1. The Labute approximate surface area is 181 Å². The summed E-state index contributed by atoms with van der Waals surface area (Å²) in [5, 5.41) is 11.8. The molecule has 0 saturated carbocycles. The van der Waals surface area contributed by atoms with Crippen molar-refractivity contribution < 1.29 is 14.5 Å². The smallest absolute Gasteiger partial charge is 0.294 e. The van der Waals surface area contributed by atoms with E-state index in [9.17, 15) is 19.7 Å². The van der Waals surface area contributed by atoms with Gasteiger partial charge in [0, 0.05) is 50.3 Å². The summed E-state index contributed by atoms with van der Waals surface area (Å²) >= 11 is 0. The maximum Gasteiger partial charge on any atom is 0.294 e. The minimum atomic E-state index is -0.440. The molecule has 1 unspecified atom stereocenters. The molecule has 2 fully saturated rings. The molecule has 4 rings (SSSR count). The zero-order valence-corrected chi connectivity index (χ0v) is 18.0. The van der Waals surface area contributed by atoms with Crippen LogP contribution in [0.1, 0.15) is 24.5 Å². The third-order valence-corrected chi connectivity index (χ3v) is 6.32. The van der Waals surface area contributed by atoms with E-state index in [0.29, 0.717) is 18.8 Å². The topological polar surface area (TPSA) is 87.0 Å². The van der Waals surface area contributed by atoms with Crippen LogP contribution in [0.4, 0.5) is 22.7 Å². The number of hydrogen-bond donors (Lipinski definition) is 0. The van der Waals surface area contributed by atoms with E-state index in [0.717, 1.165) is 18.0 Å². The molecule has 2 heterocycles. The molecular weight excluding hydrogens is 396 g/mol. The van der Waals surface area contributed by atoms with Crippen molar-refractivity contribution in [2.24, 2.45) is 5.92 Å². The molecule has 2 amide bonds. The molecule has 2 aromatic carbocycles. The second kappa shape index (κ2) is 8.02. The summed E-state index contributed by atoms with van der Waals surface area (Å²) in [4.78, 5) is 41.3. The van der Waals surface area contributed by atoms with Crippen LogP contribution in [0.25, 0.3) is 0 Å². The lowest BCUT2D eigenvalue weighted by Crippen LogP contribution is -2.47. The van der Waals surface area contributed by atoms with Gasteiger partial charge < -0.3 is 9.80 Å². The number of nitro groups is 1. The van der Waals surface area contributed by atoms with Crippen molar-refractivity contribution in [1.82, 2.24) is 0 Å². The molecule has 0 spiro atoms. The highest BCUT2D eigenvalue weighted by Crippen LogP contribution is 2.36. The van der Waals surface area contributed by atoms with Gasteiger partial charge in [-0.05, 0) is 43.2 Å². The third kappa shape index (κ3) is 3.73. The van der Waals surface area contributed by atoms with E-state index >= 15 is 0 Å². The highest BCUT2D eigenvalue weighted by Gasteiger charge is 2.37. The molecule has 0 radical (unpaired) electrons. The number of piperazine rings is 1. The molecule has 1 atom stereocenters. The number of amides is 2. The summed E-state index contributed by atoms with van der Waals surface area (Å²) in [6.07, 6.45) is 0.134. The Morgan fingerprint density at radius 3 is 2.19 bits per heavy atom. The molecule has 0 N–H and O–H groups in total. The van der Waals surface area contributed by atoms with Gasteiger partial charge in [0.15, 0.2) is 0 Å². The van der Waals surface area contributed by atoms with Crippen LogP contribution in [-0.2, 0) is 9.59 Å². The SMILES string of the molecule is Cc1cccc(N2CCN(c3ccc(N4C(=O)CC(C)C4=O)cc3[N+](=O)[O-])CC2)c1C. The Bertz CT molecular complexity index is 1060. The number of nitrogens with zero attached hydrogens (tertiary/aromatic N) is 4. The van der Waals surface area contributed by atoms with Crippen molar-refractivity contribution in [3.05, 3.63) is 57.6 Å². The van der Waals surface area contributed by atoms with Crippen LogP contribution in [0.15, 0.2) is 36.4 Å². The highest BCUT2D eigenvalue weighted by atomic mass is 16.6. The fourth-order valence-corrected chi connectivity index (χ4v) is 4.39. The lowest BCUT2D eigenvalue weighted by molar-refractivity contribution is -0.384. The molecule has 0 bridgehead atoms. The molecule has 0 aliphatic carbocycles. The monoisotopic (exact) mass is 422 g/mol. The number of rotatable bonds is 4. The number of carbonyl (C=O) groups excluding carboxylic acids is 2. The first-order valence-corrected chi connectivity index (χ1v) is 10.5. The zero-order valence-electron chi connectivity index (χ0n) is 18.0. The van der Waals surface area contributed by atoms with E-state index in [1.54, 1.807) is 19.1 Å². The number of carbonyl (C=O) groups is 2. The maximum absolute atomic E-state index is 12.3. The minimum Gasteiger partial charge on any atom is -0.368 e. The molecular formula is C23H26N4O4. The number of benzene rings is 2. The fourth-order valence-electron chi connectivity index (χ4n) is 4.39. The van der Waals surface area contributed by atoms with Crippen LogP contribution >= 0.6 is 0 Å². The van der Waals surface area contributed by atoms with E-state index in [2.05, 4.69) is 36.9 Å². The zero-order chi connectivity index (χ0) is 22.3. The quantitative estimate of drug-likeness (QED) is 0.426. The molecule has 2 aliphatic rings. The second-order valence-corrected chi connectivity index (χ2v) is 8.30. The highest BCUT2D eigenvalue weighted by molar-refractivity contribution is 6.21. The van der Waals surface area contributed by atoms with E-state index in [1.165, 1.54) is 22.9 Å². The van der Waals surface area contributed by atoms with Crippen molar-refractivity contribution in [2.45, 2.75) is 27.2 Å². The molecule has 2 aromatic rings. The van der Waals surface area contributed by atoms with E-state index in [4.69, 9.17) is 0 Å². The normalized spacial score (nSPS) is 19.3. The maximum atomic E-state index is 12.3. The van der Waals surface area contributed by atoms with Crippen molar-refractivity contribution in [3.8, 4) is 0 Å². The molecule has 2 saturated heterocycles. The van der Waals surface area contributed by atoms with Gasteiger partial charge in [0.1, 0.15) is 5.69 Å². The average Bonchev–Trinajstić information content (AvgIpc) is 3.01. The standard InChI is InChI=1S/C23H26N4O4/c1-15-5-4-6-19(17(15)3)24-9-11-25(12-10-24)20-8-7-18(14-21(20)27(30)31)26-22(28)13-16(2)23(26)29/h4-8,14,16H,9-13H2,1-3H3. The Morgan fingerprint density at radius 1 is 0.968 bits per heavy atom. The lowest BCUT2D eigenvalue weighted by atomic mass is 10.1. The number of hydrogen-bond acceptors (Lipinski definition) is 6. The average molecular weight is 422 g/mol. The molecule has 8 heteroatoms. The van der Waals surface area contributed by atoms with Gasteiger partial charge in [-0.3, -0.25) is 24.6 Å². The summed E-state index contributed by atoms with van der Waals surface area (Å²) in [6, 6.07) is 10.9. The number of imide groups is 1. The first-order chi connectivity index (χ1) is 14.8. The van der Waals surface area contributed by atoms with Gasteiger partial charge >= 0.3 is 0 Å². The lowest BCUT2D eigenvalue weighted by Gasteiger charge is -2.38.